The van der Waals surface area contributed by atoms with Crippen LogP contribution in [0.4, 0.5) is 5.13 Å². The van der Waals surface area contributed by atoms with Crippen LogP contribution in [-0.2, 0) is 27.2 Å². The standard InChI is InChI=1S/C32H33N5O4S/c38-29-11-7-20-17-23(6-9-25(20)33-29)31(40)37-12-2-5-27(37)21-3-1-4-22(18-21)30(39)35-32-34-26-10-8-24(19-28(26)42-32)36-13-15-41-16-14-36/h1,3-4,6-7,9,11,17-18,20,24,27H,2,5,8,10,12-16,19H2,(H,34,35,39)/t20?,24-,27+/m0/s1. The van der Waals surface area contributed by atoms with Gasteiger partial charge in [0.1, 0.15) is 0 Å². The van der Waals surface area contributed by atoms with Crippen molar-refractivity contribution in [1.82, 2.24) is 14.8 Å². The molecule has 0 bridgehead atoms. The van der Waals surface area contributed by atoms with E-state index in [4.69, 9.17) is 9.72 Å². The van der Waals surface area contributed by atoms with E-state index < -0.39 is 0 Å². The SMILES string of the molecule is O=C1C=CC2C=C(C(=O)N3CCC[C@@H]3c3cccc(C(=O)Nc4nc5c(s4)C[C@@H](N4CCOCC4)CC5)c3)C=CC2=N1. The van der Waals surface area contributed by atoms with Crippen molar-refractivity contribution in [2.24, 2.45) is 10.9 Å². The van der Waals surface area contributed by atoms with E-state index in [1.165, 1.54) is 11.0 Å². The first-order chi connectivity index (χ1) is 20.5. The molecule has 2 aliphatic carbocycles. The number of allylic oxidation sites excluding steroid dienone is 3. The van der Waals surface area contributed by atoms with Crippen LogP contribution in [0.25, 0.3) is 0 Å². The molecular formula is C32H33N5O4S. The predicted octanol–water partition coefficient (Wildman–Crippen LogP) is 3.90. The number of aromatic nitrogens is 1. The lowest BCUT2D eigenvalue weighted by atomic mass is 9.91. The molecule has 216 valence electrons. The van der Waals surface area contributed by atoms with Gasteiger partial charge in [0.15, 0.2) is 5.13 Å². The van der Waals surface area contributed by atoms with Crippen molar-refractivity contribution >= 4 is 39.9 Å². The maximum atomic E-state index is 13.6. The van der Waals surface area contributed by atoms with Gasteiger partial charge in [0.25, 0.3) is 17.7 Å². The number of nitrogens with one attached hydrogen (secondary N) is 1. The van der Waals surface area contributed by atoms with Crippen molar-refractivity contribution in [2.75, 3.05) is 38.2 Å². The van der Waals surface area contributed by atoms with E-state index in [0.29, 0.717) is 34.6 Å². The number of aryl methyl sites for hydroxylation is 1. The minimum absolute atomic E-state index is 0.0447. The molecule has 3 amide bonds. The highest BCUT2D eigenvalue weighted by Gasteiger charge is 2.33. The molecule has 3 atom stereocenters. The molecule has 9 nitrogen and oxygen atoms in total. The molecule has 2 saturated heterocycles. The summed E-state index contributed by atoms with van der Waals surface area (Å²) in [6, 6.07) is 7.99. The van der Waals surface area contributed by atoms with Gasteiger partial charge in [0.2, 0.25) is 0 Å². The fraction of sp³-hybridized carbons (Fsp3) is 0.406. The van der Waals surface area contributed by atoms with Crippen molar-refractivity contribution in [1.29, 1.82) is 0 Å². The molecule has 0 spiro atoms. The Bertz CT molecular complexity index is 1550. The topological polar surface area (TPSA) is 104 Å². The smallest absolute Gasteiger partial charge is 0.269 e. The Morgan fingerprint density at radius 1 is 1.07 bits per heavy atom. The van der Waals surface area contributed by atoms with Gasteiger partial charge in [-0.3, -0.25) is 24.6 Å². The minimum Gasteiger partial charge on any atom is -0.379 e. The van der Waals surface area contributed by atoms with Gasteiger partial charge >= 0.3 is 0 Å². The quantitative estimate of drug-likeness (QED) is 0.573. The highest BCUT2D eigenvalue weighted by atomic mass is 32.1. The number of benzene rings is 1. The summed E-state index contributed by atoms with van der Waals surface area (Å²) in [5.74, 6) is -0.672. The molecule has 2 fully saturated rings. The Hall–Kier alpha value is -3.73. The Balaban J connectivity index is 1.03. The van der Waals surface area contributed by atoms with Gasteiger partial charge in [-0.25, -0.2) is 9.98 Å². The number of hydrogen-bond acceptors (Lipinski definition) is 7. The second kappa shape index (κ2) is 11.5. The fourth-order valence-corrected chi connectivity index (χ4v) is 7.70. The van der Waals surface area contributed by atoms with E-state index in [2.05, 4.69) is 15.2 Å². The summed E-state index contributed by atoms with van der Waals surface area (Å²) in [5, 5.41) is 3.68. The normalized spacial score (nSPS) is 25.5. The number of aliphatic imine (C=N–C) groups is 1. The third-order valence-electron chi connectivity index (χ3n) is 8.81. The summed E-state index contributed by atoms with van der Waals surface area (Å²) in [6.07, 6.45) is 13.3. The number of hydrogen-bond donors (Lipinski definition) is 1. The van der Waals surface area contributed by atoms with Crippen LogP contribution in [0, 0.1) is 5.92 Å². The van der Waals surface area contributed by atoms with Crippen molar-refractivity contribution in [3.8, 4) is 0 Å². The molecule has 1 unspecified atom stereocenters. The van der Waals surface area contributed by atoms with Gasteiger partial charge in [0.05, 0.1) is 30.7 Å². The lowest BCUT2D eigenvalue weighted by Gasteiger charge is -2.36. The van der Waals surface area contributed by atoms with Crippen LogP contribution in [-0.4, -0.2) is 77.1 Å². The van der Waals surface area contributed by atoms with Crippen LogP contribution in [0.2, 0.25) is 0 Å². The average molecular weight is 584 g/mol. The summed E-state index contributed by atoms with van der Waals surface area (Å²) in [6.45, 7) is 4.21. The first kappa shape index (κ1) is 27.1. The van der Waals surface area contributed by atoms with Gasteiger partial charge in [-0.2, -0.15) is 0 Å². The Morgan fingerprint density at radius 3 is 2.83 bits per heavy atom. The van der Waals surface area contributed by atoms with Crippen molar-refractivity contribution in [3.63, 3.8) is 0 Å². The van der Waals surface area contributed by atoms with Crippen molar-refractivity contribution in [2.45, 2.75) is 44.2 Å². The summed E-state index contributed by atoms with van der Waals surface area (Å²) in [7, 11) is 0. The molecule has 0 saturated carbocycles. The van der Waals surface area contributed by atoms with Crippen LogP contribution in [0.15, 0.2) is 65.2 Å². The molecule has 1 aromatic carbocycles. The number of carbonyl (C=O) groups excluding carboxylic acids is 3. The van der Waals surface area contributed by atoms with E-state index in [1.807, 2.05) is 35.2 Å². The van der Waals surface area contributed by atoms with Crippen LogP contribution in [0.1, 0.15) is 51.8 Å². The first-order valence-corrected chi connectivity index (χ1v) is 15.6. The van der Waals surface area contributed by atoms with Crippen LogP contribution in [0.5, 0.6) is 0 Å². The molecule has 4 heterocycles. The molecular weight excluding hydrogens is 550 g/mol. The number of nitrogens with zero attached hydrogens (tertiary/aromatic N) is 4. The number of ether oxygens (including phenoxy) is 1. The molecule has 1 aromatic heterocycles. The number of fused-ring (bicyclic) bond motifs is 2. The molecule has 42 heavy (non-hydrogen) atoms. The average Bonchev–Trinajstić information content (AvgIpc) is 3.68. The Kier molecular flexibility index (Phi) is 7.43. The van der Waals surface area contributed by atoms with Gasteiger partial charge in [-0.05, 0) is 62.0 Å². The zero-order valence-electron chi connectivity index (χ0n) is 23.3. The monoisotopic (exact) mass is 583 g/mol. The van der Waals surface area contributed by atoms with E-state index in [1.54, 1.807) is 29.6 Å². The molecule has 0 radical (unpaired) electrons. The minimum atomic E-state index is -0.274. The third kappa shape index (κ3) is 5.42. The second-order valence-electron chi connectivity index (χ2n) is 11.4. The predicted molar refractivity (Wildman–Crippen MR) is 161 cm³/mol. The summed E-state index contributed by atoms with van der Waals surface area (Å²) < 4.78 is 5.52. The number of anilines is 1. The molecule has 2 aromatic rings. The largest absolute Gasteiger partial charge is 0.379 e. The Labute approximate surface area is 248 Å². The van der Waals surface area contributed by atoms with E-state index >= 15 is 0 Å². The fourth-order valence-electron chi connectivity index (χ4n) is 6.62. The number of morpholine rings is 1. The van der Waals surface area contributed by atoms with Gasteiger partial charge in [0, 0.05) is 53.7 Å². The summed E-state index contributed by atoms with van der Waals surface area (Å²) in [4.78, 5) is 53.0. The lowest BCUT2D eigenvalue weighted by molar-refractivity contribution is -0.127. The third-order valence-corrected chi connectivity index (χ3v) is 9.85. The zero-order valence-corrected chi connectivity index (χ0v) is 24.1. The molecule has 7 rings (SSSR count). The maximum Gasteiger partial charge on any atom is 0.269 e. The van der Waals surface area contributed by atoms with Crippen LogP contribution < -0.4 is 5.32 Å². The number of likely N-dealkylation sites (tertiary alicyclic amines) is 1. The summed E-state index contributed by atoms with van der Waals surface area (Å²) >= 11 is 1.59. The highest BCUT2D eigenvalue weighted by Crippen LogP contribution is 2.35. The van der Waals surface area contributed by atoms with Gasteiger partial charge in [-0.1, -0.05) is 24.3 Å². The maximum absolute atomic E-state index is 13.6. The second-order valence-corrected chi connectivity index (χ2v) is 12.5. The van der Waals surface area contributed by atoms with Gasteiger partial charge in [-0.15, -0.1) is 11.3 Å². The van der Waals surface area contributed by atoms with Crippen LogP contribution >= 0.6 is 11.3 Å². The zero-order chi connectivity index (χ0) is 28.6. The lowest BCUT2D eigenvalue weighted by Crippen LogP contribution is -2.45. The number of thiazole rings is 1. The summed E-state index contributed by atoms with van der Waals surface area (Å²) in [5.41, 5.74) is 3.87. The van der Waals surface area contributed by atoms with Crippen LogP contribution in [0.3, 0.4) is 0 Å². The number of dihydropyridines is 1. The number of carbonyl (C=O) groups is 3. The Morgan fingerprint density at radius 2 is 1.95 bits per heavy atom. The number of rotatable bonds is 5. The van der Waals surface area contributed by atoms with E-state index in [0.717, 1.165) is 69.7 Å². The van der Waals surface area contributed by atoms with E-state index in [-0.39, 0.29) is 29.7 Å². The van der Waals surface area contributed by atoms with E-state index in [9.17, 15) is 14.4 Å². The van der Waals surface area contributed by atoms with Gasteiger partial charge < -0.3 is 9.64 Å². The van der Waals surface area contributed by atoms with Crippen molar-refractivity contribution in [3.05, 3.63) is 81.9 Å². The first-order valence-electron chi connectivity index (χ1n) is 14.7. The number of amides is 3. The van der Waals surface area contributed by atoms with Crippen molar-refractivity contribution < 1.29 is 19.1 Å². The molecule has 5 aliphatic rings. The molecule has 3 aliphatic heterocycles. The molecule has 10 heteroatoms. The molecule has 1 N–H and O–H groups in total. The highest BCUT2D eigenvalue weighted by molar-refractivity contribution is 7.15.